The third kappa shape index (κ3) is 4.23. The van der Waals surface area contributed by atoms with Gasteiger partial charge in [-0.15, -0.1) is 0 Å². The molecule has 31 heavy (non-hydrogen) atoms. The number of hydrogen-bond donors (Lipinski definition) is 0. The summed E-state index contributed by atoms with van der Waals surface area (Å²) in [6.45, 7) is 5.96. The number of carbonyl (C=O) groups excluding carboxylic acids is 1. The molecule has 1 amide bonds. The predicted molar refractivity (Wildman–Crippen MR) is 113 cm³/mol. The van der Waals surface area contributed by atoms with Gasteiger partial charge in [0, 0.05) is 18.5 Å². The molecule has 2 aromatic carbocycles. The minimum atomic E-state index is -0.420. The van der Waals surface area contributed by atoms with E-state index in [-0.39, 0.29) is 36.6 Å². The van der Waals surface area contributed by atoms with Crippen molar-refractivity contribution in [1.29, 1.82) is 0 Å². The van der Waals surface area contributed by atoms with Gasteiger partial charge in [-0.1, -0.05) is 11.2 Å². The molecule has 0 radical (unpaired) electrons. The van der Waals surface area contributed by atoms with Gasteiger partial charge < -0.3 is 18.9 Å². The molecule has 0 saturated carbocycles. The van der Waals surface area contributed by atoms with E-state index in [2.05, 4.69) is 10.1 Å². The lowest BCUT2D eigenvalue weighted by molar-refractivity contribution is -0.117. The van der Waals surface area contributed by atoms with Crippen molar-refractivity contribution in [3.63, 3.8) is 0 Å². The highest BCUT2D eigenvalue weighted by Crippen LogP contribution is 2.35. The van der Waals surface area contributed by atoms with Crippen LogP contribution in [0.1, 0.15) is 37.6 Å². The highest BCUT2D eigenvalue weighted by molar-refractivity contribution is 5.96. The van der Waals surface area contributed by atoms with E-state index in [0.29, 0.717) is 28.8 Å². The van der Waals surface area contributed by atoms with Crippen LogP contribution in [-0.4, -0.2) is 35.8 Å². The number of aryl methyl sites for hydroxylation is 1. The number of anilines is 1. The van der Waals surface area contributed by atoms with Crippen molar-refractivity contribution in [3.8, 4) is 22.9 Å². The maximum Gasteiger partial charge on any atom is 0.232 e. The summed E-state index contributed by atoms with van der Waals surface area (Å²) >= 11 is 0. The van der Waals surface area contributed by atoms with Gasteiger partial charge >= 0.3 is 0 Å². The quantitative estimate of drug-likeness (QED) is 0.579. The molecular formula is C23H24FN3O4. The van der Waals surface area contributed by atoms with Crippen LogP contribution in [0.2, 0.25) is 0 Å². The first-order valence-corrected chi connectivity index (χ1v) is 10.1. The van der Waals surface area contributed by atoms with Crippen molar-refractivity contribution in [1.82, 2.24) is 10.1 Å². The van der Waals surface area contributed by atoms with E-state index in [0.717, 1.165) is 5.56 Å². The summed E-state index contributed by atoms with van der Waals surface area (Å²) in [5.74, 6) is 1.02. The molecule has 1 aliphatic rings. The summed E-state index contributed by atoms with van der Waals surface area (Å²) in [5.41, 5.74) is 1.77. The van der Waals surface area contributed by atoms with Crippen LogP contribution in [0, 0.1) is 12.7 Å². The fourth-order valence-corrected chi connectivity index (χ4v) is 3.61. The van der Waals surface area contributed by atoms with E-state index in [1.165, 1.54) is 11.0 Å². The number of nitrogens with zero attached hydrogens (tertiary/aromatic N) is 3. The van der Waals surface area contributed by atoms with Gasteiger partial charge in [0.05, 0.1) is 24.8 Å². The Morgan fingerprint density at radius 3 is 2.71 bits per heavy atom. The minimum Gasteiger partial charge on any atom is -0.493 e. The molecule has 2 heterocycles. The molecule has 1 unspecified atom stereocenters. The summed E-state index contributed by atoms with van der Waals surface area (Å²) in [7, 11) is 1.57. The number of halogens is 1. The third-order valence-electron chi connectivity index (χ3n) is 5.09. The van der Waals surface area contributed by atoms with E-state index in [1.807, 2.05) is 19.9 Å². The van der Waals surface area contributed by atoms with E-state index < -0.39 is 5.82 Å². The molecule has 7 nitrogen and oxygen atoms in total. The normalized spacial score (nSPS) is 16.3. The molecule has 1 aliphatic heterocycles. The number of carbonyl (C=O) groups is 1. The molecule has 1 fully saturated rings. The number of hydrogen-bond acceptors (Lipinski definition) is 6. The van der Waals surface area contributed by atoms with Crippen molar-refractivity contribution < 1.29 is 23.2 Å². The van der Waals surface area contributed by atoms with Gasteiger partial charge in [-0.2, -0.15) is 4.98 Å². The Hall–Kier alpha value is -3.42. The molecule has 0 N–H and O–H groups in total. The molecule has 8 heteroatoms. The number of methoxy groups -OCH3 is 1. The summed E-state index contributed by atoms with van der Waals surface area (Å²) in [6, 6.07) is 10.2. The van der Waals surface area contributed by atoms with E-state index >= 15 is 0 Å². The standard InChI is InChI=1S/C23H24FN3O4/c1-13(2)30-19-8-6-15(10-20(19)29-4)22-25-23(31-26-22)16-11-21(28)27(12-16)18-7-5-14(3)9-17(18)24/h5-10,13,16H,11-12H2,1-4H3. The molecule has 0 spiro atoms. The second kappa shape index (κ2) is 8.37. The van der Waals surface area contributed by atoms with Crippen LogP contribution in [0.5, 0.6) is 11.5 Å². The Bertz CT molecular complexity index is 1110. The highest BCUT2D eigenvalue weighted by atomic mass is 19.1. The van der Waals surface area contributed by atoms with Crippen molar-refractivity contribution >= 4 is 11.6 Å². The zero-order valence-corrected chi connectivity index (χ0v) is 17.9. The summed E-state index contributed by atoms with van der Waals surface area (Å²) in [4.78, 5) is 18.4. The maximum absolute atomic E-state index is 14.3. The molecule has 0 bridgehead atoms. The van der Waals surface area contributed by atoms with E-state index in [4.69, 9.17) is 14.0 Å². The number of aromatic nitrogens is 2. The summed E-state index contributed by atoms with van der Waals surface area (Å²) < 4.78 is 30.9. The van der Waals surface area contributed by atoms with Gasteiger partial charge in [-0.05, 0) is 56.7 Å². The number of rotatable bonds is 6. The Balaban J connectivity index is 1.55. The highest BCUT2D eigenvalue weighted by Gasteiger charge is 2.36. The average Bonchev–Trinajstić information content (AvgIpc) is 3.35. The number of benzene rings is 2. The number of amides is 1. The zero-order valence-electron chi connectivity index (χ0n) is 17.9. The molecule has 162 valence electrons. The van der Waals surface area contributed by atoms with Crippen molar-refractivity contribution in [2.24, 2.45) is 0 Å². The Labute approximate surface area is 179 Å². The van der Waals surface area contributed by atoms with Gasteiger partial charge in [0.1, 0.15) is 5.82 Å². The largest absolute Gasteiger partial charge is 0.493 e. The van der Waals surface area contributed by atoms with Gasteiger partial charge in [-0.25, -0.2) is 4.39 Å². The monoisotopic (exact) mass is 425 g/mol. The lowest BCUT2D eigenvalue weighted by Crippen LogP contribution is -2.25. The Kier molecular flexibility index (Phi) is 5.63. The topological polar surface area (TPSA) is 77.7 Å². The van der Waals surface area contributed by atoms with Crippen molar-refractivity contribution in [2.45, 2.75) is 39.2 Å². The lowest BCUT2D eigenvalue weighted by atomic mass is 10.1. The van der Waals surface area contributed by atoms with E-state index in [1.54, 1.807) is 38.3 Å². The first kappa shape index (κ1) is 20.8. The van der Waals surface area contributed by atoms with Crippen LogP contribution in [0.4, 0.5) is 10.1 Å². The lowest BCUT2D eigenvalue weighted by Gasteiger charge is -2.17. The molecule has 1 atom stereocenters. The third-order valence-corrected chi connectivity index (χ3v) is 5.09. The second-order valence-corrected chi connectivity index (χ2v) is 7.85. The van der Waals surface area contributed by atoms with Crippen LogP contribution in [0.3, 0.4) is 0 Å². The SMILES string of the molecule is COc1cc(-c2noc(C3CC(=O)N(c4ccc(C)cc4F)C3)n2)ccc1OC(C)C. The van der Waals surface area contributed by atoms with Crippen LogP contribution in [0.15, 0.2) is 40.9 Å². The molecule has 4 rings (SSSR count). The summed E-state index contributed by atoms with van der Waals surface area (Å²) in [5, 5.41) is 4.06. The predicted octanol–water partition coefficient (Wildman–Crippen LogP) is 4.50. The second-order valence-electron chi connectivity index (χ2n) is 7.85. The molecule has 1 saturated heterocycles. The van der Waals surface area contributed by atoms with Gasteiger partial charge in [0.2, 0.25) is 17.6 Å². The van der Waals surface area contributed by atoms with Crippen LogP contribution >= 0.6 is 0 Å². The van der Waals surface area contributed by atoms with Crippen LogP contribution in [-0.2, 0) is 4.79 Å². The molecule has 0 aliphatic carbocycles. The van der Waals surface area contributed by atoms with Gasteiger partial charge in [0.15, 0.2) is 11.5 Å². The first-order chi connectivity index (χ1) is 14.9. The average molecular weight is 425 g/mol. The minimum absolute atomic E-state index is 0.0118. The van der Waals surface area contributed by atoms with Crippen molar-refractivity contribution in [2.75, 3.05) is 18.6 Å². The van der Waals surface area contributed by atoms with E-state index in [9.17, 15) is 9.18 Å². The zero-order chi connectivity index (χ0) is 22.1. The first-order valence-electron chi connectivity index (χ1n) is 10.1. The molecule has 1 aromatic heterocycles. The van der Waals surface area contributed by atoms with Crippen LogP contribution in [0.25, 0.3) is 11.4 Å². The van der Waals surface area contributed by atoms with Gasteiger partial charge in [-0.3, -0.25) is 4.79 Å². The fourth-order valence-electron chi connectivity index (χ4n) is 3.61. The van der Waals surface area contributed by atoms with Crippen molar-refractivity contribution in [3.05, 3.63) is 53.7 Å². The smallest absolute Gasteiger partial charge is 0.232 e. The molecule has 3 aromatic rings. The summed E-state index contributed by atoms with van der Waals surface area (Å²) in [6.07, 6.45) is 0.192. The Morgan fingerprint density at radius 2 is 2.00 bits per heavy atom. The van der Waals surface area contributed by atoms with Gasteiger partial charge in [0.25, 0.3) is 0 Å². The molecular weight excluding hydrogens is 401 g/mol. The fraction of sp³-hybridized carbons (Fsp3) is 0.348. The number of ether oxygens (including phenoxy) is 2. The Morgan fingerprint density at radius 1 is 1.19 bits per heavy atom. The maximum atomic E-state index is 14.3. The van der Waals surface area contributed by atoms with Crippen LogP contribution < -0.4 is 14.4 Å².